The molecule has 1 atom stereocenters. The molecule has 4 heteroatoms. The van der Waals surface area contributed by atoms with Crippen LogP contribution in [0.4, 0.5) is 5.69 Å². The van der Waals surface area contributed by atoms with Crippen LogP contribution in [0.25, 0.3) is 0 Å². The minimum atomic E-state index is 0.118. The standard InChI is InChI=1S/C16H23BrN2O/c1-3-12-5-4-7-19(8-6-12)16(20)14-9-13(17)10-15(18)11(14)2/h9-10,12H,3-8,18H2,1-2H3. The van der Waals surface area contributed by atoms with Crippen molar-refractivity contribution in [1.29, 1.82) is 0 Å². The third-order valence-electron chi connectivity index (χ3n) is 4.36. The second-order valence-corrected chi connectivity index (χ2v) is 6.58. The van der Waals surface area contributed by atoms with E-state index in [0.717, 1.165) is 47.4 Å². The Morgan fingerprint density at radius 3 is 2.85 bits per heavy atom. The fourth-order valence-corrected chi connectivity index (χ4v) is 3.34. The van der Waals surface area contributed by atoms with Gasteiger partial charge in [0.1, 0.15) is 0 Å². The van der Waals surface area contributed by atoms with Gasteiger partial charge in [-0.15, -0.1) is 0 Å². The van der Waals surface area contributed by atoms with Crippen molar-refractivity contribution >= 4 is 27.5 Å². The summed E-state index contributed by atoms with van der Waals surface area (Å²) in [6.45, 7) is 5.88. The number of carbonyl (C=O) groups is 1. The summed E-state index contributed by atoms with van der Waals surface area (Å²) in [5.41, 5.74) is 8.25. The van der Waals surface area contributed by atoms with E-state index < -0.39 is 0 Å². The van der Waals surface area contributed by atoms with E-state index in [2.05, 4.69) is 22.9 Å². The Kier molecular flexibility index (Phi) is 5.08. The minimum Gasteiger partial charge on any atom is -0.398 e. The molecule has 0 spiro atoms. The average Bonchev–Trinajstić information content (AvgIpc) is 2.67. The maximum atomic E-state index is 12.7. The summed E-state index contributed by atoms with van der Waals surface area (Å²) < 4.78 is 0.866. The zero-order chi connectivity index (χ0) is 14.7. The van der Waals surface area contributed by atoms with Crippen LogP contribution >= 0.6 is 15.9 Å². The maximum Gasteiger partial charge on any atom is 0.254 e. The molecule has 2 N–H and O–H groups in total. The molecular formula is C16H23BrN2O. The van der Waals surface area contributed by atoms with E-state index in [1.54, 1.807) is 0 Å². The molecule has 1 unspecified atom stereocenters. The van der Waals surface area contributed by atoms with Gasteiger partial charge in [0.2, 0.25) is 0 Å². The molecule has 1 aromatic rings. The van der Waals surface area contributed by atoms with Gasteiger partial charge < -0.3 is 10.6 Å². The van der Waals surface area contributed by atoms with Crippen LogP contribution in [0.3, 0.4) is 0 Å². The van der Waals surface area contributed by atoms with Crippen molar-refractivity contribution < 1.29 is 4.79 Å². The first-order valence-electron chi connectivity index (χ1n) is 7.37. The topological polar surface area (TPSA) is 46.3 Å². The van der Waals surface area contributed by atoms with Gasteiger partial charge in [-0.05, 0) is 49.8 Å². The smallest absolute Gasteiger partial charge is 0.254 e. The van der Waals surface area contributed by atoms with Crippen molar-refractivity contribution in [2.45, 2.75) is 39.5 Å². The van der Waals surface area contributed by atoms with Gasteiger partial charge in [-0.2, -0.15) is 0 Å². The number of rotatable bonds is 2. The number of hydrogen-bond acceptors (Lipinski definition) is 2. The van der Waals surface area contributed by atoms with E-state index in [0.29, 0.717) is 5.69 Å². The van der Waals surface area contributed by atoms with Gasteiger partial charge in [0, 0.05) is 28.8 Å². The highest BCUT2D eigenvalue weighted by atomic mass is 79.9. The van der Waals surface area contributed by atoms with Gasteiger partial charge in [-0.25, -0.2) is 0 Å². The summed E-state index contributed by atoms with van der Waals surface area (Å²) in [6, 6.07) is 3.73. The molecule has 1 fully saturated rings. The minimum absolute atomic E-state index is 0.118. The van der Waals surface area contributed by atoms with E-state index in [1.165, 1.54) is 12.8 Å². The summed E-state index contributed by atoms with van der Waals surface area (Å²) in [5, 5.41) is 0. The van der Waals surface area contributed by atoms with Crippen LogP contribution in [0.15, 0.2) is 16.6 Å². The number of halogens is 1. The zero-order valence-corrected chi connectivity index (χ0v) is 13.9. The van der Waals surface area contributed by atoms with Crippen LogP contribution in [0.1, 0.15) is 48.5 Å². The molecule has 1 heterocycles. The molecule has 1 amide bonds. The normalized spacial score (nSPS) is 19.8. The van der Waals surface area contributed by atoms with Gasteiger partial charge in [0.25, 0.3) is 5.91 Å². The van der Waals surface area contributed by atoms with Gasteiger partial charge >= 0.3 is 0 Å². The molecule has 2 rings (SSSR count). The van der Waals surface area contributed by atoms with Crippen LogP contribution in [0.2, 0.25) is 0 Å². The van der Waals surface area contributed by atoms with Crippen molar-refractivity contribution in [3.63, 3.8) is 0 Å². The molecule has 1 aliphatic heterocycles. The first-order chi connectivity index (χ1) is 9.52. The molecule has 0 bridgehead atoms. The van der Waals surface area contributed by atoms with Crippen molar-refractivity contribution in [2.75, 3.05) is 18.8 Å². The number of benzene rings is 1. The van der Waals surface area contributed by atoms with Crippen molar-refractivity contribution in [3.8, 4) is 0 Å². The summed E-state index contributed by atoms with van der Waals surface area (Å²) in [4.78, 5) is 14.7. The fraction of sp³-hybridized carbons (Fsp3) is 0.562. The highest BCUT2D eigenvalue weighted by molar-refractivity contribution is 9.10. The first-order valence-corrected chi connectivity index (χ1v) is 8.17. The van der Waals surface area contributed by atoms with Crippen LogP contribution in [-0.4, -0.2) is 23.9 Å². The molecule has 3 nitrogen and oxygen atoms in total. The number of carbonyl (C=O) groups excluding carboxylic acids is 1. The molecular weight excluding hydrogens is 316 g/mol. The number of likely N-dealkylation sites (tertiary alicyclic amines) is 1. The molecule has 0 aromatic heterocycles. The van der Waals surface area contributed by atoms with Crippen molar-refractivity contribution in [1.82, 2.24) is 4.90 Å². The SMILES string of the molecule is CCC1CCCN(C(=O)c2cc(Br)cc(N)c2C)CC1. The quantitative estimate of drug-likeness (QED) is 0.828. The molecule has 110 valence electrons. The van der Waals surface area contributed by atoms with E-state index in [-0.39, 0.29) is 5.91 Å². The highest BCUT2D eigenvalue weighted by Crippen LogP contribution is 2.26. The summed E-state index contributed by atoms with van der Waals surface area (Å²) in [7, 11) is 0. The summed E-state index contributed by atoms with van der Waals surface area (Å²) in [5.74, 6) is 0.883. The predicted molar refractivity (Wildman–Crippen MR) is 86.8 cm³/mol. The van der Waals surface area contributed by atoms with E-state index in [4.69, 9.17) is 5.73 Å². The largest absolute Gasteiger partial charge is 0.398 e. The molecule has 20 heavy (non-hydrogen) atoms. The lowest BCUT2D eigenvalue weighted by Gasteiger charge is -2.22. The Bertz CT molecular complexity index is 501. The lowest BCUT2D eigenvalue weighted by molar-refractivity contribution is 0.0759. The summed E-state index contributed by atoms with van der Waals surface area (Å²) in [6.07, 6.45) is 4.67. The lowest BCUT2D eigenvalue weighted by atomic mass is 9.98. The van der Waals surface area contributed by atoms with Gasteiger partial charge in [0.05, 0.1) is 0 Å². The van der Waals surface area contributed by atoms with Crippen molar-refractivity contribution in [3.05, 3.63) is 27.7 Å². The summed E-state index contributed by atoms with van der Waals surface area (Å²) >= 11 is 3.42. The monoisotopic (exact) mass is 338 g/mol. The van der Waals surface area contributed by atoms with Gasteiger partial charge in [-0.1, -0.05) is 29.3 Å². The van der Waals surface area contributed by atoms with E-state index in [1.807, 2.05) is 24.0 Å². The van der Waals surface area contributed by atoms with Crippen LogP contribution in [-0.2, 0) is 0 Å². The molecule has 1 saturated heterocycles. The number of nitrogen functional groups attached to an aromatic ring is 1. The molecule has 0 radical (unpaired) electrons. The van der Waals surface area contributed by atoms with Crippen molar-refractivity contribution in [2.24, 2.45) is 5.92 Å². The number of nitrogens with two attached hydrogens (primary N) is 1. The Morgan fingerprint density at radius 1 is 1.40 bits per heavy atom. The van der Waals surface area contributed by atoms with Gasteiger partial charge in [0.15, 0.2) is 0 Å². The first kappa shape index (κ1) is 15.4. The second-order valence-electron chi connectivity index (χ2n) is 5.66. The molecule has 0 saturated carbocycles. The number of nitrogens with zero attached hydrogens (tertiary/aromatic N) is 1. The fourth-order valence-electron chi connectivity index (χ4n) is 2.87. The molecule has 1 aromatic carbocycles. The molecule has 0 aliphatic carbocycles. The Balaban J connectivity index is 2.19. The molecule has 1 aliphatic rings. The third kappa shape index (κ3) is 3.35. The van der Waals surface area contributed by atoms with Crippen LogP contribution < -0.4 is 5.73 Å². The zero-order valence-electron chi connectivity index (χ0n) is 12.3. The average molecular weight is 339 g/mol. The van der Waals surface area contributed by atoms with Crippen LogP contribution in [0.5, 0.6) is 0 Å². The number of anilines is 1. The van der Waals surface area contributed by atoms with E-state index >= 15 is 0 Å². The number of hydrogen-bond donors (Lipinski definition) is 1. The Morgan fingerprint density at radius 2 is 2.15 bits per heavy atom. The Hall–Kier alpha value is -1.03. The highest BCUT2D eigenvalue weighted by Gasteiger charge is 2.22. The van der Waals surface area contributed by atoms with Crippen LogP contribution in [0, 0.1) is 12.8 Å². The van der Waals surface area contributed by atoms with E-state index in [9.17, 15) is 4.79 Å². The lowest BCUT2D eigenvalue weighted by Crippen LogP contribution is -2.32. The second kappa shape index (κ2) is 6.61. The number of amides is 1. The van der Waals surface area contributed by atoms with Gasteiger partial charge in [-0.3, -0.25) is 4.79 Å². The Labute approximate surface area is 129 Å². The maximum absolute atomic E-state index is 12.7. The predicted octanol–water partition coefficient (Wildman–Crippen LogP) is 3.99. The third-order valence-corrected chi connectivity index (χ3v) is 4.81.